The van der Waals surface area contributed by atoms with Gasteiger partial charge in [0.2, 0.25) is 0 Å². The molecule has 1 N–H and O–H groups in total. The Morgan fingerprint density at radius 2 is 2.83 bits per heavy atom. The van der Waals surface area contributed by atoms with Gasteiger partial charge in [0.25, 0.3) is 0 Å². The van der Waals surface area contributed by atoms with Crippen LogP contribution in [0.15, 0.2) is 10.7 Å². The Balaban J connectivity index is 2.45. The lowest BCUT2D eigenvalue weighted by Crippen LogP contribution is -1.97. The zero-order valence-corrected chi connectivity index (χ0v) is 4.45. The topological polar surface area (TPSA) is 21.3 Å². The first-order valence-corrected chi connectivity index (χ1v) is 2.22. The highest BCUT2D eigenvalue weighted by Crippen LogP contribution is 2.09. The molecule has 2 nitrogen and oxygen atoms in total. The maximum atomic E-state index is 4.57. The van der Waals surface area contributed by atoms with Gasteiger partial charge in [-0.3, -0.25) is 0 Å². The first-order chi connectivity index (χ1) is 2.89. The van der Waals surface area contributed by atoms with Crippen molar-refractivity contribution in [3.05, 3.63) is 17.3 Å². The van der Waals surface area contributed by atoms with Crippen LogP contribution in [0.1, 0.15) is 0 Å². The SMILES string of the molecule is BrC1=C[C]NO1. The summed E-state index contributed by atoms with van der Waals surface area (Å²) in [5, 5.41) is 0. The Kier molecular flexibility index (Phi) is 1.12. The van der Waals surface area contributed by atoms with Gasteiger partial charge in [-0.1, -0.05) is 0 Å². The van der Waals surface area contributed by atoms with Crippen molar-refractivity contribution in [1.82, 2.24) is 5.48 Å². The molecule has 0 aromatic heterocycles. The fourth-order valence-corrected chi connectivity index (χ4v) is 0.389. The molecule has 0 aliphatic carbocycles. The predicted molar refractivity (Wildman–Crippen MR) is 24.5 cm³/mol. The van der Waals surface area contributed by atoms with E-state index in [9.17, 15) is 0 Å². The number of hydrogen-bond donors (Lipinski definition) is 1. The van der Waals surface area contributed by atoms with E-state index in [1.807, 2.05) is 0 Å². The molecule has 0 aromatic rings. The van der Waals surface area contributed by atoms with E-state index in [2.05, 4.69) is 32.8 Å². The molecule has 0 bridgehead atoms. The number of halogens is 1. The van der Waals surface area contributed by atoms with Gasteiger partial charge in [-0.2, -0.15) is 0 Å². The van der Waals surface area contributed by atoms with E-state index in [-0.39, 0.29) is 0 Å². The summed E-state index contributed by atoms with van der Waals surface area (Å²) >= 11 is 3.05. The number of hydrogen-bond acceptors (Lipinski definition) is 2. The van der Waals surface area contributed by atoms with Gasteiger partial charge in [0.1, 0.15) is 6.54 Å². The van der Waals surface area contributed by atoms with Crippen LogP contribution in [-0.2, 0) is 4.84 Å². The van der Waals surface area contributed by atoms with E-state index >= 15 is 0 Å². The van der Waals surface area contributed by atoms with Crippen LogP contribution < -0.4 is 5.48 Å². The summed E-state index contributed by atoms with van der Waals surface area (Å²) in [5.74, 6) is 0. The first kappa shape index (κ1) is 4.15. The lowest BCUT2D eigenvalue weighted by atomic mass is 10.7. The van der Waals surface area contributed by atoms with Crippen molar-refractivity contribution in [3.8, 4) is 0 Å². The molecule has 0 saturated carbocycles. The second-order valence-electron chi connectivity index (χ2n) is 0.797. The third-order valence-electron chi connectivity index (χ3n) is 0.393. The maximum Gasteiger partial charge on any atom is 0.187 e. The van der Waals surface area contributed by atoms with Crippen molar-refractivity contribution in [2.24, 2.45) is 0 Å². The number of hydroxylamine groups is 1. The molecule has 1 aliphatic rings. The van der Waals surface area contributed by atoms with Gasteiger partial charge >= 0.3 is 0 Å². The van der Waals surface area contributed by atoms with Crippen molar-refractivity contribution in [3.63, 3.8) is 0 Å². The van der Waals surface area contributed by atoms with Crippen LogP contribution in [-0.4, -0.2) is 0 Å². The molecule has 0 aromatic carbocycles. The lowest BCUT2D eigenvalue weighted by Gasteiger charge is -1.87. The molecule has 0 atom stereocenters. The Hall–Kier alpha value is -0.0200. The molecule has 2 radical (unpaired) electrons. The average Bonchev–Trinajstić information content (AvgIpc) is 1.86. The molecule has 0 spiro atoms. The van der Waals surface area contributed by atoms with E-state index in [0.29, 0.717) is 4.67 Å². The van der Waals surface area contributed by atoms with Gasteiger partial charge in [-0.05, 0) is 22.0 Å². The minimum absolute atomic E-state index is 0.669. The summed E-state index contributed by atoms with van der Waals surface area (Å²) in [6, 6.07) is 0. The van der Waals surface area contributed by atoms with Crippen LogP contribution in [0, 0.1) is 6.54 Å². The zero-order valence-electron chi connectivity index (χ0n) is 2.86. The van der Waals surface area contributed by atoms with Crippen molar-refractivity contribution in [2.75, 3.05) is 0 Å². The second-order valence-corrected chi connectivity index (χ2v) is 1.58. The summed E-state index contributed by atoms with van der Waals surface area (Å²) in [4.78, 5) is 4.57. The molecule has 0 amide bonds. The Morgan fingerprint density at radius 1 is 2.00 bits per heavy atom. The Bertz CT molecular complexity index is 80.9. The van der Waals surface area contributed by atoms with Crippen molar-refractivity contribution >= 4 is 15.9 Å². The monoisotopic (exact) mass is 147 g/mol. The van der Waals surface area contributed by atoms with Crippen LogP contribution in [0.2, 0.25) is 0 Å². The largest absolute Gasteiger partial charge is 0.400 e. The maximum absolute atomic E-state index is 4.57. The Morgan fingerprint density at radius 3 is 3.00 bits per heavy atom. The van der Waals surface area contributed by atoms with Crippen molar-refractivity contribution < 1.29 is 4.84 Å². The van der Waals surface area contributed by atoms with E-state index in [0.717, 1.165) is 0 Å². The van der Waals surface area contributed by atoms with E-state index in [1.165, 1.54) is 0 Å². The first-order valence-electron chi connectivity index (χ1n) is 1.42. The normalized spacial score (nSPS) is 19.8. The molecule has 1 heterocycles. The fraction of sp³-hybridized carbons (Fsp3) is 0. The second kappa shape index (κ2) is 1.62. The molecule has 0 unspecified atom stereocenters. The molecule has 32 valence electrons. The summed E-state index contributed by atoms with van der Waals surface area (Å²) < 4.78 is 0.669. The molecule has 1 aliphatic heterocycles. The van der Waals surface area contributed by atoms with Crippen LogP contribution in [0.25, 0.3) is 0 Å². The minimum atomic E-state index is 0.669. The molecule has 6 heavy (non-hydrogen) atoms. The third kappa shape index (κ3) is 0.725. The smallest absolute Gasteiger partial charge is 0.187 e. The summed E-state index contributed by atoms with van der Waals surface area (Å²) in [5.41, 5.74) is 2.38. The minimum Gasteiger partial charge on any atom is -0.400 e. The third-order valence-corrected chi connectivity index (χ3v) is 0.784. The number of rotatable bonds is 0. The highest BCUT2D eigenvalue weighted by Gasteiger charge is 1.97. The van der Waals surface area contributed by atoms with Gasteiger partial charge in [-0.25, -0.2) is 0 Å². The Labute approximate surface area is 44.3 Å². The summed E-state index contributed by atoms with van der Waals surface area (Å²) in [7, 11) is 0. The highest BCUT2D eigenvalue weighted by molar-refractivity contribution is 9.11. The quantitative estimate of drug-likeness (QED) is 0.548. The fourth-order valence-electron chi connectivity index (χ4n) is 0.194. The van der Waals surface area contributed by atoms with Gasteiger partial charge in [0.05, 0.1) is 0 Å². The van der Waals surface area contributed by atoms with Gasteiger partial charge < -0.3 is 4.84 Å². The van der Waals surface area contributed by atoms with E-state index in [4.69, 9.17) is 0 Å². The molecular formula is C3H2BrNO. The van der Waals surface area contributed by atoms with E-state index in [1.54, 1.807) is 6.08 Å². The molecular weight excluding hydrogens is 146 g/mol. The van der Waals surface area contributed by atoms with Crippen LogP contribution in [0.5, 0.6) is 0 Å². The molecule has 0 fully saturated rings. The predicted octanol–water partition coefficient (Wildman–Crippen LogP) is 0.796. The average molecular weight is 148 g/mol. The number of nitrogens with one attached hydrogen (secondary N) is 1. The molecule has 0 saturated heterocycles. The van der Waals surface area contributed by atoms with Crippen molar-refractivity contribution in [1.29, 1.82) is 0 Å². The molecule has 1 rings (SSSR count). The lowest BCUT2D eigenvalue weighted by molar-refractivity contribution is 0.176. The summed E-state index contributed by atoms with van der Waals surface area (Å²) in [6.07, 6.45) is 1.65. The standard InChI is InChI=1S/C3H2BrNO/c4-3-1-2-5-6-3/h1,5H. The van der Waals surface area contributed by atoms with Gasteiger partial charge in [0, 0.05) is 0 Å². The van der Waals surface area contributed by atoms with Gasteiger partial charge in [0.15, 0.2) is 4.67 Å². The van der Waals surface area contributed by atoms with Crippen LogP contribution in [0.3, 0.4) is 0 Å². The zero-order chi connectivity index (χ0) is 4.41. The van der Waals surface area contributed by atoms with Crippen LogP contribution in [0.4, 0.5) is 0 Å². The summed E-state index contributed by atoms with van der Waals surface area (Å²) in [6.45, 7) is 2.59. The van der Waals surface area contributed by atoms with E-state index < -0.39 is 0 Å². The van der Waals surface area contributed by atoms with Gasteiger partial charge in [-0.15, -0.1) is 5.48 Å². The highest BCUT2D eigenvalue weighted by atomic mass is 79.9. The van der Waals surface area contributed by atoms with Crippen molar-refractivity contribution in [2.45, 2.75) is 0 Å². The van der Waals surface area contributed by atoms with Crippen LogP contribution >= 0.6 is 15.9 Å². The molecule has 3 heteroatoms.